The lowest BCUT2D eigenvalue weighted by Crippen LogP contribution is -2.30. The Balaban J connectivity index is 1.64. The van der Waals surface area contributed by atoms with Crippen LogP contribution in [0.3, 0.4) is 0 Å². The lowest BCUT2D eigenvalue weighted by molar-refractivity contribution is 0.414. The standard InChI is InChI=1S/C24H23Cl2N3O5S2/c1-34-19-10-7-16(8-11-19)22-14-18(28-29(22)21-12-9-17(25)13-20(21)26)15-27-36(32,33)24-6-4-3-5-23(24)35(2,30)31/h3-13,22,27H,14-15H2,1-2H3. The molecule has 0 amide bonds. The number of halogens is 2. The summed E-state index contributed by atoms with van der Waals surface area (Å²) in [6.45, 7) is -0.116. The number of hydrogen-bond acceptors (Lipinski definition) is 7. The number of anilines is 1. The van der Waals surface area contributed by atoms with Crippen LogP contribution in [-0.4, -0.2) is 42.5 Å². The van der Waals surface area contributed by atoms with Gasteiger partial charge in [-0.2, -0.15) is 5.10 Å². The van der Waals surface area contributed by atoms with Crippen molar-refractivity contribution in [3.8, 4) is 5.75 Å². The average molecular weight is 569 g/mol. The highest BCUT2D eigenvalue weighted by atomic mass is 35.5. The van der Waals surface area contributed by atoms with Crippen molar-refractivity contribution < 1.29 is 21.6 Å². The Morgan fingerprint density at radius 1 is 1.00 bits per heavy atom. The Morgan fingerprint density at radius 2 is 1.67 bits per heavy atom. The lowest BCUT2D eigenvalue weighted by Gasteiger charge is -2.25. The molecule has 0 spiro atoms. The number of methoxy groups -OCH3 is 1. The molecule has 3 aromatic rings. The highest BCUT2D eigenvalue weighted by Gasteiger charge is 2.32. The molecular formula is C24H23Cl2N3O5S2. The predicted octanol–water partition coefficient (Wildman–Crippen LogP) is 4.69. The second-order valence-corrected chi connectivity index (χ2v) is 12.7. The van der Waals surface area contributed by atoms with Gasteiger partial charge in [-0.1, -0.05) is 47.5 Å². The first-order valence-electron chi connectivity index (χ1n) is 10.7. The second-order valence-electron chi connectivity index (χ2n) is 8.14. The first-order valence-corrected chi connectivity index (χ1v) is 14.9. The molecule has 1 aliphatic rings. The molecule has 1 N–H and O–H groups in total. The topological polar surface area (TPSA) is 105 Å². The molecule has 0 bridgehead atoms. The summed E-state index contributed by atoms with van der Waals surface area (Å²) in [5.41, 5.74) is 2.08. The highest BCUT2D eigenvalue weighted by Crippen LogP contribution is 2.40. The van der Waals surface area contributed by atoms with Crippen LogP contribution in [0.4, 0.5) is 5.69 Å². The van der Waals surface area contributed by atoms with Crippen molar-refractivity contribution in [3.63, 3.8) is 0 Å². The fraction of sp³-hybridized carbons (Fsp3) is 0.208. The van der Waals surface area contributed by atoms with Crippen LogP contribution in [0.1, 0.15) is 18.0 Å². The van der Waals surface area contributed by atoms with Crippen LogP contribution in [0.15, 0.2) is 81.6 Å². The third kappa shape index (κ3) is 5.68. The molecule has 1 heterocycles. The minimum Gasteiger partial charge on any atom is -0.497 e. The van der Waals surface area contributed by atoms with Gasteiger partial charge in [0.2, 0.25) is 10.0 Å². The minimum absolute atomic E-state index is 0.116. The van der Waals surface area contributed by atoms with Gasteiger partial charge in [-0.05, 0) is 48.0 Å². The van der Waals surface area contributed by atoms with Crippen molar-refractivity contribution >= 4 is 54.5 Å². The van der Waals surface area contributed by atoms with E-state index in [0.29, 0.717) is 33.6 Å². The number of hydrogen-bond donors (Lipinski definition) is 1. The van der Waals surface area contributed by atoms with E-state index >= 15 is 0 Å². The summed E-state index contributed by atoms with van der Waals surface area (Å²) < 4.78 is 58.0. The number of nitrogens with zero attached hydrogens (tertiary/aromatic N) is 2. The Morgan fingerprint density at radius 3 is 2.28 bits per heavy atom. The summed E-state index contributed by atoms with van der Waals surface area (Å²) in [4.78, 5) is -0.577. The smallest absolute Gasteiger partial charge is 0.242 e. The third-order valence-corrected chi connectivity index (χ3v) is 8.92. The van der Waals surface area contributed by atoms with Gasteiger partial charge in [-0.3, -0.25) is 5.01 Å². The maximum atomic E-state index is 13.0. The van der Waals surface area contributed by atoms with Crippen LogP contribution >= 0.6 is 23.2 Å². The van der Waals surface area contributed by atoms with Crippen molar-refractivity contribution in [1.29, 1.82) is 0 Å². The second kappa shape index (κ2) is 10.4. The largest absolute Gasteiger partial charge is 0.497 e. The van der Waals surface area contributed by atoms with E-state index in [1.807, 2.05) is 24.3 Å². The van der Waals surface area contributed by atoms with Crippen molar-refractivity contribution in [2.75, 3.05) is 24.9 Å². The molecule has 12 heteroatoms. The van der Waals surface area contributed by atoms with Gasteiger partial charge in [0.05, 0.1) is 41.0 Å². The van der Waals surface area contributed by atoms with Crippen LogP contribution in [0.2, 0.25) is 10.0 Å². The van der Waals surface area contributed by atoms with Gasteiger partial charge in [-0.25, -0.2) is 21.6 Å². The van der Waals surface area contributed by atoms with E-state index in [4.69, 9.17) is 27.9 Å². The van der Waals surface area contributed by atoms with Crippen LogP contribution in [-0.2, 0) is 19.9 Å². The summed E-state index contributed by atoms with van der Waals surface area (Å²) in [7, 11) is -6.31. The van der Waals surface area contributed by atoms with Crippen molar-refractivity contribution in [1.82, 2.24) is 4.72 Å². The normalized spacial score (nSPS) is 16.2. The zero-order valence-electron chi connectivity index (χ0n) is 19.4. The van der Waals surface area contributed by atoms with Crippen LogP contribution in [0.5, 0.6) is 5.75 Å². The molecule has 1 aliphatic heterocycles. The number of sulfone groups is 1. The van der Waals surface area contributed by atoms with Crippen molar-refractivity contribution in [3.05, 3.63) is 82.3 Å². The molecule has 190 valence electrons. The van der Waals surface area contributed by atoms with E-state index in [1.165, 1.54) is 24.3 Å². The number of benzene rings is 3. The monoisotopic (exact) mass is 567 g/mol. The Hall–Kier alpha value is -2.63. The Bertz CT molecular complexity index is 1530. The van der Waals surface area contributed by atoms with E-state index in [9.17, 15) is 16.8 Å². The fourth-order valence-electron chi connectivity index (χ4n) is 3.89. The third-order valence-electron chi connectivity index (χ3n) is 5.63. The van der Waals surface area contributed by atoms with E-state index in [1.54, 1.807) is 30.3 Å². The van der Waals surface area contributed by atoms with Crippen LogP contribution in [0, 0.1) is 0 Å². The van der Waals surface area contributed by atoms with Gasteiger partial charge in [0.25, 0.3) is 0 Å². The zero-order chi connectivity index (χ0) is 26.1. The first kappa shape index (κ1) is 26.4. The van der Waals surface area contributed by atoms with Gasteiger partial charge in [0.1, 0.15) is 10.6 Å². The summed E-state index contributed by atoms with van der Waals surface area (Å²) in [6.07, 6.45) is 1.37. The number of hydrazone groups is 1. The van der Waals surface area contributed by atoms with Crippen molar-refractivity contribution in [2.45, 2.75) is 22.3 Å². The van der Waals surface area contributed by atoms with Gasteiger partial charge in [0, 0.05) is 17.7 Å². The van der Waals surface area contributed by atoms with E-state index < -0.39 is 19.9 Å². The number of sulfonamides is 1. The van der Waals surface area contributed by atoms with Gasteiger partial charge in [0.15, 0.2) is 9.84 Å². The molecule has 0 aromatic heterocycles. The molecule has 0 aliphatic carbocycles. The average Bonchev–Trinajstić information content (AvgIpc) is 3.26. The summed E-state index contributed by atoms with van der Waals surface area (Å²) in [5.74, 6) is 0.700. The van der Waals surface area contributed by atoms with E-state index in [2.05, 4.69) is 9.82 Å². The maximum absolute atomic E-state index is 13.0. The molecule has 36 heavy (non-hydrogen) atoms. The Kier molecular flexibility index (Phi) is 7.63. The molecule has 0 saturated heterocycles. The quantitative estimate of drug-likeness (QED) is 0.423. The number of ether oxygens (including phenoxy) is 1. The first-order chi connectivity index (χ1) is 17.0. The molecule has 4 rings (SSSR count). The van der Waals surface area contributed by atoms with Gasteiger partial charge >= 0.3 is 0 Å². The summed E-state index contributed by atoms with van der Waals surface area (Å²) in [6, 6.07) is 17.8. The maximum Gasteiger partial charge on any atom is 0.242 e. The molecule has 0 radical (unpaired) electrons. The highest BCUT2D eigenvalue weighted by molar-refractivity contribution is 7.93. The van der Waals surface area contributed by atoms with Crippen LogP contribution < -0.4 is 14.5 Å². The molecule has 1 unspecified atom stereocenters. The molecule has 8 nitrogen and oxygen atoms in total. The molecule has 0 saturated carbocycles. The molecular weight excluding hydrogens is 545 g/mol. The molecule has 0 fully saturated rings. The SMILES string of the molecule is COc1ccc(C2CC(CNS(=O)(=O)c3ccccc3S(C)(=O)=O)=NN2c2ccc(Cl)cc2Cl)cc1. The Labute approximate surface area is 220 Å². The summed E-state index contributed by atoms with van der Waals surface area (Å²) >= 11 is 12.5. The fourth-order valence-corrected chi connectivity index (χ4v) is 7.03. The molecule has 3 aromatic carbocycles. The molecule has 1 atom stereocenters. The minimum atomic E-state index is -4.14. The van der Waals surface area contributed by atoms with Crippen LogP contribution in [0.25, 0.3) is 0 Å². The van der Waals surface area contributed by atoms with E-state index in [0.717, 1.165) is 11.8 Å². The number of rotatable bonds is 8. The summed E-state index contributed by atoms with van der Waals surface area (Å²) in [5, 5.41) is 7.27. The predicted molar refractivity (Wildman–Crippen MR) is 141 cm³/mol. The lowest BCUT2D eigenvalue weighted by atomic mass is 10.0. The zero-order valence-corrected chi connectivity index (χ0v) is 22.5. The number of nitrogens with one attached hydrogen (secondary N) is 1. The van der Waals surface area contributed by atoms with Gasteiger partial charge < -0.3 is 4.74 Å². The van der Waals surface area contributed by atoms with Gasteiger partial charge in [-0.15, -0.1) is 0 Å². The van der Waals surface area contributed by atoms with E-state index in [-0.39, 0.29) is 22.4 Å². The van der Waals surface area contributed by atoms with Crippen molar-refractivity contribution in [2.24, 2.45) is 5.10 Å².